The van der Waals surface area contributed by atoms with E-state index in [-0.39, 0.29) is 25.5 Å². The first kappa shape index (κ1) is 23.9. The van der Waals surface area contributed by atoms with Crippen molar-refractivity contribution in [1.29, 1.82) is 0 Å². The first-order valence-electron chi connectivity index (χ1n) is 10.7. The van der Waals surface area contributed by atoms with Gasteiger partial charge in [-0.1, -0.05) is 60.7 Å². The molecular weight excluding hydrogens is 462 g/mol. The number of carbonyl (C=O) groups excluding carboxylic acids is 3. The van der Waals surface area contributed by atoms with E-state index < -0.39 is 45.2 Å². The van der Waals surface area contributed by atoms with Gasteiger partial charge in [0, 0.05) is 12.8 Å². The maximum atomic E-state index is 13.0. The fourth-order valence-corrected chi connectivity index (χ4v) is 5.46. The molecule has 2 N–H and O–H groups in total. The molecule has 4 rings (SSSR count). The van der Waals surface area contributed by atoms with Gasteiger partial charge < -0.3 is 15.5 Å². The Labute approximate surface area is 197 Å². The minimum Gasteiger partial charge on any atom is -0.351 e. The summed E-state index contributed by atoms with van der Waals surface area (Å²) in [5, 5.41) is 5.20. The van der Waals surface area contributed by atoms with Crippen LogP contribution < -0.4 is 10.6 Å². The average Bonchev–Trinajstić information content (AvgIpc) is 2.81. The highest BCUT2D eigenvalue weighted by molar-refractivity contribution is 7.92. The summed E-state index contributed by atoms with van der Waals surface area (Å²) in [6.45, 7) is -0.682. The zero-order valence-corrected chi connectivity index (χ0v) is 19.3. The van der Waals surface area contributed by atoms with Crippen molar-refractivity contribution in [2.24, 2.45) is 0 Å². The maximum Gasteiger partial charge on any atom is 0.264 e. The van der Waals surface area contributed by atoms with Crippen LogP contribution in [0.3, 0.4) is 0 Å². The number of hydrogen-bond acceptors (Lipinski definition) is 7. The summed E-state index contributed by atoms with van der Waals surface area (Å²) in [7, 11) is -4.17. The summed E-state index contributed by atoms with van der Waals surface area (Å²) in [6, 6.07) is 16.3. The Hall–Kier alpha value is -3.28. The van der Waals surface area contributed by atoms with Gasteiger partial charge in [-0.15, -0.1) is 0 Å². The van der Waals surface area contributed by atoms with Gasteiger partial charge in [-0.2, -0.15) is 0 Å². The zero-order chi connectivity index (χ0) is 24.3. The van der Waals surface area contributed by atoms with E-state index in [4.69, 9.17) is 9.78 Å². The minimum absolute atomic E-state index is 0.00298. The Morgan fingerprint density at radius 2 is 1.68 bits per heavy atom. The van der Waals surface area contributed by atoms with Crippen molar-refractivity contribution in [2.45, 2.75) is 30.0 Å². The van der Waals surface area contributed by atoms with Crippen molar-refractivity contribution in [2.75, 3.05) is 19.4 Å². The fourth-order valence-electron chi connectivity index (χ4n) is 4.20. The van der Waals surface area contributed by atoms with Crippen molar-refractivity contribution in [3.63, 3.8) is 0 Å². The number of benzene rings is 2. The van der Waals surface area contributed by atoms with Crippen molar-refractivity contribution < 1.29 is 32.6 Å². The predicted molar refractivity (Wildman–Crippen MR) is 120 cm³/mol. The van der Waals surface area contributed by atoms with Gasteiger partial charge in [-0.25, -0.2) is 18.2 Å². The maximum absolute atomic E-state index is 13.0. The summed E-state index contributed by atoms with van der Waals surface area (Å²) in [5.41, 5.74) is 1.55. The number of amides is 3. The Kier molecular flexibility index (Phi) is 6.69. The molecule has 2 aliphatic heterocycles. The van der Waals surface area contributed by atoms with E-state index in [1.165, 1.54) is 0 Å². The van der Waals surface area contributed by atoms with Crippen LogP contribution in [0.15, 0.2) is 60.7 Å². The van der Waals surface area contributed by atoms with Crippen LogP contribution in [0.5, 0.6) is 0 Å². The van der Waals surface area contributed by atoms with Gasteiger partial charge in [-0.05, 0) is 11.1 Å². The van der Waals surface area contributed by atoms with E-state index in [2.05, 4.69) is 10.6 Å². The second-order valence-corrected chi connectivity index (χ2v) is 10.5. The molecule has 0 bridgehead atoms. The molecule has 10 nitrogen and oxygen atoms in total. The van der Waals surface area contributed by atoms with Crippen LogP contribution in [0.4, 0.5) is 0 Å². The molecule has 2 aromatic carbocycles. The molecule has 34 heavy (non-hydrogen) atoms. The highest BCUT2D eigenvalue weighted by Gasteiger charge is 2.67. The Morgan fingerprint density at radius 3 is 2.29 bits per heavy atom. The summed E-state index contributed by atoms with van der Waals surface area (Å²) in [4.78, 5) is 47.3. The van der Waals surface area contributed by atoms with Gasteiger partial charge in [0.05, 0.1) is 12.5 Å². The molecule has 2 fully saturated rings. The smallest absolute Gasteiger partial charge is 0.264 e. The zero-order valence-electron chi connectivity index (χ0n) is 18.5. The highest BCUT2D eigenvalue weighted by atomic mass is 32.2. The standard InChI is InChI=1S/C23H25N3O7S/c1-34(30,31)23(15-33-32-14-17-10-6-3-7-11-17)22(29)24-13-18-20(21(28)26(18)23)25-19(27)12-16-8-4-2-5-9-16/h2-11,18,20H,12-15H2,1H3,(H,24,29)(H,25,27)/t18-,20?,23?/m1/s1. The van der Waals surface area contributed by atoms with Crippen LogP contribution in [0.1, 0.15) is 11.1 Å². The lowest BCUT2D eigenvalue weighted by Crippen LogP contribution is -2.86. The number of sulfone groups is 1. The van der Waals surface area contributed by atoms with Crippen LogP contribution in [0.2, 0.25) is 0 Å². The molecule has 0 radical (unpaired) electrons. The van der Waals surface area contributed by atoms with E-state index in [1.807, 2.05) is 12.1 Å². The number of nitrogens with one attached hydrogen (secondary N) is 2. The van der Waals surface area contributed by atoms with Crippen LogP contribution in [-0.2, 0) is 47.0 Å². The average molecular weight is 488 g/mol. The molecule has 2 heterocycles. The normalized spacial score (nSPS) is 24.1. The van der Waals surface area contributed by atoms with Gasteiger partial charge in [0.2, 0.25) is 11.8 Å². The number of fused-ring (bicyclic) bond motifs is 1. The summed E-state index contributed by atoms with van der Waals surface area (Å²) >= 11 is 0. The number of nitrogens with zero attached hydrogens (tertiary/aromatic N) is 1. The van der Waals surface area contributed by atoms with Gasteiger partial charge >= 0.3 is 0 Å². The molecule has 3 atom stereocenters. The van der Waals surface area contributed by atoms with E-state index in [0.29, 0.717) is 0 Å². The first-order chi connectivity index (χ1) is 16.2. The van der Waals surface area contributed by atoms with Crippen LogP contribution in [0, 0.1) is 0 Å². The molecule has 3 amide bonds. The molecule has 11 heteroatoms. The quantitative estimate of drug-likeness (QED) is 0.219. The molecular formula is C23H25N3O7S. The van der Waals surface area contributed by atoms with Crippen molar-refractivity contribution >= 4 is 27.6 Å². The summed E-state index contributed by atoms with van der Waals surface area (Å²) in [6.07, 6.45) is 0.932. The molecule has 2 aromatic rings. The SMILES string of the molecule is CS(=O)(=O)C1(COOCc2ccccc2)C(=O)NC[C@@H]2C(NC(=O)Cc3ccccc3)C(=O)N21. The topological polar surface area (TPSA) is 131 Å². The molecule has 0 saturated carbocycles. The molecule has 2 unspecified atom stereocenters. The monoisotopic (exact) mass is 487 g/mol. The van der Waals surface area contributed by atoms with Crippen LogP contribution in [-0.4, -0.2) is 67.4 Å². The van der Waals surface area contributed by atoms with Crippen LogP contribution >= 0.6 is 0 Å². The van der Waals surface area contributed by atoms with Crippen molar-refractivity contribution in [1.82, 2.24) is 15.5 Å². The molecule has 0 spiro atoms. The van der Waals surface area contributed by atoms with Gasteiger partial charge in [0.1, 0.15) is 19.3 Å². The summed E-state index contributed by atoms with van der Waals surface area (Å²) in [5.74, 6) is -1.93. The number of rotatable bonds is 9. The van der Waals surface area contributed by atoms with E-state index in [0.717, 1.165) is 22.3 Å². The molecule has 2 aliphatic rings. The second-order valence-electron chi connectivity index (χ2n) is 8.26. The van der Waals surface area contributed by atoms with Gasteiger partial charge in [0.15, 0.2) is 9.84 Å². The number of β-lactam (4-membered cyclic amide) rings is 1. The minimum atomic E-state index is -4.17. The highest BCUT2D eigenvalue weighted by Crippen LogP contribution is 2.37. The second kappa shape index (κ2) is 9.53. The Bertz CT molecular complexity index is 1170. The van der Waals surface area contributed by atoms with E-state index in [1.54, 1.807) is 48.5 Å². The number of carbonyl (C=O) groups is 3. The fraction of sp³-hybridized carbons (Fsp3) is 0.348. The lowest BCUT2D eigenvalue weighted by atomic mass is 9.88. The van der Waals surface area contributed by atoms with Crippen molar-refractivity contribution in [3.8, 4) is 0 Å². The molecule has 180 valence electrons. The number of hydrogen-bond donors (Lipinski definition) is 2. The van der Waals surface area contributed by atoms with Gasteiger partial charge in [0.25, 0.3) is 10.8 Å². The van der Waals surface area contributed by atoms with E-state index >= 15 is 0 Å². The largest absolute Gasteiger partial charge is 0.351 e. The van der Waals surface area contributed by atoms with Gasteiger partial charge in [-0.3, -0.25) is 14.4 Å². The lowest BCUT2D eigenvalue weighted by Gasteiger charge is -2.57. The summed E-state index contributed by atoms with van der Waals surface area (Å²) < 4.78 is 25.6. The molecule has 0 aromatic heterocycles. The lowest BCUT2D eigenvalue weighted by molar-refractivity contribution is -0.313. The first-order valence-corrected chi connectivity index (χ1v) is 12.6. The van der Waals surface area contributed by atoms with Crippen molar-refractivity contribution in [3.05, 3.63) is 71.8 Å². The van der Waals surface area contributed by atoms with E-state index in [9.17, 15) is 22.8 Å². The predicted octanol–water partition coefficient (Wildman–Crippen LogP) is -0.0562. The Balaban J connectivity index is 1.46. The third kappa shape index (κ3) is 4.41. The van der Waals surface area contributed by atoms with Crippen LogP contribution in [0.25, 0.3) is 0 Å². The molecule has 2 saturated heterocycles. The molecule has 0 aliphatic carbocycles. The Morgan fingerprint density at radius 1 is 1.06 bits per heavy atom. The number of piperazine rings is 1. The third-order valence-electron chi connectivity index (χ3n) is 5.98. The third-order valence-corrected chi connectivity index (χ3v) is 7.71.